The number of benzene rings is 1. The number of nitriles is 1. The zero-order chi connectivity index (χ0) is 13.9. The molecule has 1 heterocycles. The molecule has 96 valence electrons. The van der Waals surface area contributed by atoms with Gasteiger partial charge in [0.15, 0.2) is 9.84 Å². The van der Waals surface area contributed by atoms with Crippen molar-refractivity contribution in [3.8, 4) is 17.8 Å². The summed E-state index contributed by atoms with van der Waals surface area (Å²) in [5.74, 6) is 0.391. The zero-order valence-electron chi connectivity index (χ0n) is 9.94. The summed E-state index contributed by atoms with van der Waals surface area (Å²) in [5, 5.41) is 8.69. The standard InChI is InChI=1S/C12H9N3O3S/c1-19(16,17)11-4-2-10(3-5-11)18-12-14-7-6-9(8-13)15-12/h2-7H,1H3. The maximum atomic E-state index is 11.3. The van der Waals surface area contributed by atoms with Crippen LogP contribution in [0.15, 0.2) is 41.4 Å². The Bertz CT molecular complexity index is 734. The van der Waals surface area contributed by atoms with Crippen LogP contribution in [0.2, 0.25) is 0 Å². The summed E-state index contributed by atoms with van der Waals surface area (Å²) in [7, 11) is -3.23. The molecule has 0 atom stereocenters. The van der Waals surface area contributed by atoms with Crippen molar-refractivity contribution in [3.05, 3.63) is 42.2 Å². The van der Waals surface area contributed by atoms with E-state index in [1.54, 1.807) is 0 Å². The van der Waals surface area contributed by atoms with E-state index in [0.717, 1.165) is 6.26 Å². The first-order chi connectivity index (χ1) is 8.99. The van der Waals surface area contributed by atoms with Gasteiger partial charge in [0.2, 0.25) is 0 Å². The Balaban J connectivity index is 2.22. The molecule has 0 saturated heterocycles. The number of aromatic nitrogens is 2. The second-order valence-electron chi connectivity index (χ2n) is 3.68. The fourth-order valence-electron chi connectivity index (χ4n) is 1.31. The van der Waals surface area contributed by atoms with Gasteiger partial charge in [0, 0.05) is 12.5 Å². The molecule has 2 rings (SSSR count). The molecule has 0 N–H and O–H groups in total. The Labute approximate surface area is 110 Å². The zero-order valence-corrected chi connectivity index (χ0v) is 10.8. The Morgan fingerprint density at radius 1 is 1.21 bits per heavy atom. The summed E-state index contributed by atoms with van der Waals surface area (Å²) >= 11 is 0. The summed E-state index contributed by atoms with van der Waals surface area (Å²) in [6.07, 6.45) is 2.54. The first kappa shape index (κ1) is 13.0. The van der Waals surface area contributed by atoms with E-state index < -0.39 is 9.84 Å². The van der Waals surface area contributed by atoms with Crippen molar-refractivity contribution in [1.29, 1.82) is 5.26 Å². The monoisotopic (exact) mass is 275 g/mol. The third-order valence-corrected chi connectivity index (χ3v) is 3.34. The lowest BCUT2D eigenvalue weighted by atomic mass is 10.3. The molecule has 19 heavy (non-hydrogen) atoms. The molecule has 7 heteroatoms. The van der Waals surface area contributed by atoms with Crippen molar-refractivity contribution < 1.29 is 13.2 Å². The van der Waals surface area contributed by atoms with E-state index in [9.17, 15) is 8.42 Å². The van der Waals surface area contributed by atoms with E-state index in [2.05, 4.69) is 9.97 Å². The van der Waals surface area contributed by atoms with Gasteiger partial charge in [-0.3, -0.25) is 0 Å². The minimum absolute atomic E-state index is 0.0335. The summed E-state index contributed by atoms with van der Waals surface area (Å²) in [6.45, 7) is 0. The fourth-order valence-corrected chi connectivity index (χ4v) is 1.94. The van der Waals surface area contributed by atoms with Gasteiger partial charge < -0.3 is 4.74 Å². The van der Waals surface area contributed by atoms with E-state index in [0.29, 0.717) is 5.75 Å². The van der Waals surface area contributed by atoms with E-state index in [1.165, 1.54) is 36.5 Å². The molecule has 0 spiro atoms. The number of rotatable bonds is 3. The van der Waals surface area contributed by atoms with Crippen LogP contribution in [0.5, 0.6) is 11.8 Å². The first-order valence-corrected chi connectivity index (χ1v) is 7.09. The van der Waals surface area contributed by atoms with Gasteiger partial charge in [-0.15, -0.1) is 0 Å². The van der Waals surface area contributed by atoms with Crippen molar-refractivity contribution in [2.24, 2.45) is 0 Å². The average Bonchev–Trinajstić information content (AvgIpc) is 2.38. The van der Waals surface area contributed by atoms with E-state index in [-0.39, 0.29) is 16.6 Å². The summed E-state index contributed by atoms with van der Waals surface area (Å²) < 4.78 is 27.9. The number of hydrogen-bond donors (Lipinski definition) is 0. The molecule has 2 aromatic rings. The van der Waals surface area contributed by atoms with Gasteiger partial charge in [-0.2, -0.15) is 10.2 Å². The Morgan fingerprint density at radius 2 is 1.89 bits per heavy atom. The van der Waals surface area contributed by atoms with Crippen molar-refractivity contribution in [1.82, 2.24) is 9.97 Å². The third-order valence-electron chi connectivity index (χ3n) is 2.21. The molecule has 1 aromatic carbocycles. The molecule has 0 amide bonds. The topological polar surface area (TPSA) is 92.9 Å². The van der Waals surface area contributed by atoms with Crippen LogP contribution in [0.25, 0.3) is 0 Å². The largest absolute Gasteiger partial charge is 0.424 e. The maximum absolute atomic E-state index is 11.3. The Kier molecular flexibility index (Phi) is 3.44. The lowest BCUT2D eigenvalue weighted by Gasteiger charge is -2.04. The Hall–Kier alpha value is -2.46. The van der Waals surface area contributed by atoms with Crippen LogP contribution < -0.4 is 4.74 Å². The summed E-state index contributed by atoms with van der Waals surface area (Å²) in [5.41, 5.74) is 0.192. The highest BCUT2D eigenvalue weighted by Gasteiger charge is 2.07. The minimum atomic E-state index is -3.23. The second kappa shape index (κ2) is 5.04. The normalized spacial score (nSPS) is 10.7. The lowest BCUT2D eigenvalue weighted by molar-refractivity contribution is 0.441. The van der Waals surface area contributed by atoms with Crippen LogP contribution in [0.4, 0.5) is 0 Å². The molecular formula is C12H9N3O3S. The highest BCUT2D eigenvalue weighted by Crippen LogP contribution is 2.20. The van der Waals surface area contributed by atoms with E-state index >= 15 is 0 Å². The van der Waals surface area contributed by atoms with Crippen LogP contribution >= 0.6 is 0 Å². The fraction of sp³-hybridized carbons (Fsp3) is 0.0833. The van der Waals surface area contributed by atoms with Gasteiger partial charge in [0.1, 0.15) is 17.5 Å². The summed E-state index contributed by atoms with van der Waals surface area (Å²) in [6, 6.07) is 9.22. The molecule has 0 bridgehead atoms. The van der Waals surface area contributed by atoms with Crippen LogP contribution in [0, 0.1) is 11.3 Å². The number of sulfone groups is 1. The van der Waals surface area contributed by atoms with Crippen LogP contribution in [-0.2, 0) is 9.84 Å². The molecule has 6 nitrogen and oxygen atoms in total. The molecule has 0 fully saturated rings. The lowest BCUT2D eigenvalue weighted by Crippen LogP contribution is -1.97. The van der Waals surface area contributed by atoms with Gasteiger partial charge in [-0.1, -0.05) is 0 Å². The second-order valence-corrected chi connectivity index (χ2v) is 5.70. The van der Waals surface area contributed by atoms with Gasteiger partial charge in [0.05, 0.1) is 4.90 Å². The average molecular weight is 275 g/mol. The van der Waals surface area contributed by atoms with Crippen molar-refractivity contribution in [3.63, 3.8) is 0 Å². The molecular weight excluding hydrogens is 266 g/mol. The molecule has 0 aliphatic rings. The number of nitrogens with zero attached hydrogens (tertiary/aromatic N) is 3. The SMILES string of the molecule is CS(=O)(=O)c1ccc(Oc2nccc(C#N)n2)cc1. The summed E-state index contributed by atoms with van der Waals surface area (Å²) in [4.78, 5) is 7.90. The number of hydrogen-bond acceptors (Lipinski definition) is 6. The first-order valence-electron chi connectivity index (χ1n) is 5.20. The third kappa shape index (κ3) is 3.26. The molecule has 0 radical (unpaired) electrons. The quantitative estimate of drug-likeness (QED) is 0.843. The molecule has 0 saturated carbocycles. The molecule has 0 aliphatic carbocycles. The van der Waals surface area contributed by atoms with Crippen LogP contribution in [0.3, 0.4) is 0 Å². The predicted molar refractivity (Wildman–Crippen MR) is 66.4 cm³/mol. The highest BCUT2D eigenvalue weighted by atomic mass is 32.2. The van der Waals surface area contributed by atoms with Crippen LogP contribution in [-0.4, -0.2) is 24.6 Å². The van der Waals surface area contributed by atoms with Crippen molar-refractivity contribution >= 4 is 9.84 Å². The molecule has 1 aromatic heterocycles. The van der Waals surface area contributed by atoms with E-state index in [4.69, 9.17) is 10.00 Å². The maximum Gasteiger partial charge on any atom is 0.323 e. The van der Waals surface area contributed by atoms with E-state index in [1.807, 2.05) is 6.07 Å². The Morgan fingerprint density at radius 3 is 2.47 bits per heavy atom. The molecule has 0 unspecified atom stereocenters. The van der Waals surface area contributed by atoms with Gasteiger partial charge in [-0.05, 0) is 30.3 Å². The van der Waals surface area contributed by atoms with Crippen molar-refractivity contribution in [2.75, 3.05) is 6.26 Å². The van der Waals surface area contributed by atoms with Gasteiger partial charge in [0.25, 0.3) is 0 Å². The molecule has 0 aliphatic heterocycles. The smallest absolute Gasteiger partial charge is 0.323 e. The van der Waals surface area contributed by atoms with Gasteiger partial charge >= 0.3 is 6.01 Å². The van der Waals surface area contributed by atoms with Crippen molar-refractivity contribution in [2.45, 2.75) is 4.90 Å². The predicted octanol–water partition coefficient (Wildman–Crippen LogP) is 1.54. The highest BCUT2D eigenvalue weighted by molar-refractivity contribution is 7.90. The number of ether oxygens (including phenoxy) is 1. The van der Waals surface area contributed by atoms with Crippen LogP contribution in [0.1, 0.15) is 5.69 Å². The minimum Gasteiger partial charge on any atom is -0.424 e. The van der Waals surface area contributed by atoms with Gasteiger partial charge in [-0.25, -0.2) is 13.4 Å².